The summed E-state index contributed by atoms with van der Waals surface area (Å²) in [6, 6.07) is 8.78. The Balaban J connectivity index is 1.58. The number of piperidine rings is 1. The molecule has 22 heavy (non-hydrogen) atoms. The van der Waals surface area contributed by atoms with Gasteiger partial charge in [0.1, 0.15) is 0 Å². The largest absolute Gasteiger partial charge is 0.344 e. The molecule has 1 fully saturated rings. The Morgan fingerprint density at radius 2 is 1.95 bits per heavy atom. The van der Waals surface area contributed by atoms with E-state index < -0.39 is 0 Å². The molecule has 1 aliphatic carbocycles. The van der Waals surface area contributed by atoms with Crippen molar-refractivity contribution in [2.45, 2.75) is 45.6 Å². The van der Waals surface area contributed by atoms with Crippen LogP contribution in [0.2, 0.25) is 0 Å². The van der Waals surface area contributed by atoms with E-state index in [0.717, 1.165) is 37.8 Å². The number of benzene rings is 1. The maximum Gasteiger partial charge on any atom is 0.275 e. The zero-order valence-corrected chi connectivity index (χ0v) is 13.9. The lowest BCUT2D eigenvalue weighted by molar-refractivity contribution is -0.904. The standard InChI is InChI=1S/C19H28N2O/c1-14-10-15(2)12-21(11-14)13-19(22)20-18-9-5-7-16-6-3-4-8-17(16)18/h3-4,6,8,14-15,18H,5,7,9-13H2,1-2H3,(H,20,22)/p+1/t14-,15+,18-/m1/s1. The van der Waals surface area contributed by atoms with Crippen molar-refractivity contribution in [2.75, 3.05) is 19.6 Å². The topological polar surface area (TPSA) is 33.5 Å². The fraction of sp³-hybridized carbons (Fsp3) is 0.632. The summed E-state index contributed by atoms with van der Waals surface area (Å²) in [5.74, 6) is 1.70. The summed E-state index contributed by atoms with van der Waals surface area (Å²) in [6.07, 6.45) is 4.70. The minimum absolute atomic E-state index is 0.219. The monoisotopic (exact) mass is 301 g/mol. The molecule has 1 aromatic rings. The van der Waals surface area contributed by atoms with Gasteiger partial charge in [-0.15, -0.1) is 0 Å². The third-order valence-electron chi connectivity index (χ3n) is 5.19. The van der Waals surface area contributed by atoms with Crippen LogP contribution in [0.4, 0.5) is 0 Å². The molecule has 2 N–H and O–H groups in total. The Morgan fingerprint density at radius 1 is 1.23 bits per heavy atom. The van der Waals surface area contributed by atoms with Crippen molar-refractivity contribution in [3.8, 4) is 0 Å². The summed E-state index contributed by atoms with van der Waals surface area (Å²) in [5, 5.41) is 3.29. The smallest absolute Gasteiger partial charge is 0.275 e. The molecule has 3 heteroatoms. The van der Waals surface area contributed by atoms with Crippen LogP contribution in [-0.2, 0) is 11.2 Å². The van der Waals surface area contributed by atoms with Gasteiger partial charge in [0.15, 0.2) is 6.54 Å². The van der Waals surface area contributed by atoms with Crippen molar-refractivity contribution in [1.29, 1.82) is 0 Å². The molecule has 1 amide bonds. The molecule has 1 saturated heterocycles. The van der Waals surface area contributed by atoms with Crippen molar-refractivity contribution in [1.82, 2.24) is 5.32 Å². The highest BCUT2D eigenvalue weighted by Crippen LogP contribution is 2.29. The Morgan fingerprint density at radius 3 is 2.73 bits per heavy atom. The highest BCUT2D eigenvalue weighted by molar-refractivity contribution is 5.77. The molecular weight excluding hydrogens is 272 g/mol. The van der Waals surface area contributed by atoms with Crippen LogP contribution in [0.5, 0.6) is 0 Å². The van der Waals surface area contributed by atoms with Gasteiger partial charge in [0.2, 0.25) is 0 Å². The zero-order chi connectivity index (χ0) is 15.5. The lowest BCUT2D eigenvalue weighted by atomic mass is 9.87. The molecule has 1 heterocycles. The molecule has 1 aromatic carbocycles. The molecule has 1 unspecified atom stereocenters. The SMILES string of the molecule is C[C@@H]1C[C@H](C)C[NH+](CC(=O)N[C@@H]2CCCc3ccccc32)C1. The van der Waals surface area contributed by atoms with E-state index in [1.54, 1.807) is 0 Å². The molecule has 0 bridgehead atoms. The van der Waals surface area contributed by atoms with E-state index in [2.05, 4.69) is 43.4 Å². The van der Waals surface area contributed by atoms with E-state index in [9.17, 15) is 4.79 Å². The second kappa shape index (κ2) is 6.82. The number of fused-ring (bicyclic) bond motifs is 1. The van der Waals surface area contributed by atoms with Gasteiger partial charge in [-0.3, -0.25) is 4.79 Å². The second-order valence-electron chi connectivity index (χ2n) is 7.49. The number of quaternary nitrogens is 1. The van der Waals surface area contributed by atoms with Crippen molar-refractivity contribution in [3.05, 3.63) is 35.4 Å². The lowest BCUT2D eigenvalue weighted by Gasteiger charge is -2.32. The summed E-state index contributed by atoms with van der Waals surface area (Å²) in [6.45, 7) is 7.53. The minimum Gasteiger partial charge on any atom is -0.344 e. The van der Waals surface area contributed by atoms with Crippen LogP contribution in [-0.4, -0.2) is 25.5 Å². The van der Waals surface area contributed by atoms with Gasteiger partial charge in [-0.2, -0.15) is 0 Å². The summed E-state index contributed by atoms with van der Waals surface area (Å²) in [4.78, 5) is 13.9. The lowest BCUT2D eigenvalue weighted by Crippen LogP contribution is -3.15. The average Bonchev–Trinajstić information content (AvgIpc) is 2.46. The van der Waals surface area contributed by atoms with Gasteiger partial charge >= 0.3 is 0 Å². The van der Waals surface area contributed by atoms with Gasteiger partial charge in [-0.05, 0) is 36.8 Å². The first-order valence-corrected chi connectivity index (χ1v) is 8.82. The number of carbonyl (C=O) groups is 1. The molecule has 0 aromatic heterocycles. The van der Waals surface area contributed by atoms with E-state index in [0.29, 0.717) is 6.54 Å². The van der Waals surface area contributed by atoms with Gasteiger partial charge in [0.25, 0.3) is 5.91 Å². The van der Waals surface area contributed by atoms with E-state index in [1.807, 2.05) is 0 Å². The molecule has 3 nitrogen and oxygen atoms in total. The van der Waals surface area contributed by atoms with Crippen LogP contribution in [0.3, 0.4) is 0 Å². The predicted octanol–water partition coefficient (Wildman–Crippen LogP) is 1.74. The summed E-state index contributed by atoms with van der Waals surface area (Å²) in [5.41, 5.74) is 2.74. The Labute approximate surface area is 134 Å². The first kappa shape index (κ1) is 15.5. The summed E-state index contributed by atoms with van der Waals surface area (Å²) < 4.78 is 0. The van der Waals surface area contributed by atoms with Crippen LogP contribution in [0.15, 0.2) is 24.3 Å². The number of aryl methyl sites for hydroxylation is 1. The quantitative estimate of drug-likeness (QED) is 0.876. The first-order valence-electron chi connectivity index (χ1n) is 8.82. The number of hydrogen-bond donors (Lipinski definition) is 2. The molecular formula is C19H29N2O+. The number of carbonyl (C=O) groups excluding carboxylic acids is 1. The summed E-state index contributed by atoms with van der Waals surface area (Å²) in [7, 11) is 0. The maximum absolute atomic E-state index is 12.5. The first-order chi connectivity index (χ1) is 10.6. The molecule has 1 aliphatic heterocycles. The predicted molar refractivity (Wildman–Crippen MR) is 88.8 cm³/mol. The minimum atomic E-state index is 0.219. The molecule has 0 spiro atoms. The van der Waals surface area contributed by atoms with E-state index in [-0.39, 0.29) is 11.9 Å². The van der Waals surface area contributed by atoms with Crippen molar-refractivity contribution in [3.63, 3.8) is 0 Å². The van der Waals surface area contributed by atoms with E-state index in [4.69, 9.17) is 0 Å². The Kier molecular flexibility index (Phi) is 4.82. The van der Waals surface area contributed by atoms with Crippen LogP contribution >= 0.6 is 0 Å². The normalized spacial score (nSPS) is 31.4. The van der Waals surface area contributed by atoms with Gasteiger partial charge in [-0.25, -0.2) is 0 Å². The fourth-order valence-electron chi connectivity index (χ4n) is 4.44. The number of nitrogens with one attached hydrogen (secondary N) is 2. The zero-order valence-electron chi connectivity index (χ0n) is 13.9. The molecule has 3 rings (SSSR count). The van der Waals surface area contributed by atoms with Gasteiger partial charge in [0, 0.05) is 11.8 Å². The fourth-order valence-corrected chi connectivity index (χ4v) is 4.44. The van der Waals surface area contributed by atoms with Gasteiger partial charge < -0.3 is 10.2 Å². The molecule has 0 saturated carbocycles. The molecule has 2 aliphatic rings. The molecule has 120 valence electrons. The highest BCUT2D eigenvalue weighted by atomic mass is 16.2. The van der Waals surface area contributed by atoms with E-state index in [1.165, 1.54) is 28.9 Å². The number of rotatable bonds is 3. The van der Waals surface area contributed by atoms with E-state index >= 15 is 0 Å². The number of hydrogen-bond acceptors (Lipinski definition) is 1. The average molecular weight is 301 g/mol. The maximum atomic E-state index is 12.5. The van der Waals surface area contributed by atoms with Crippen LogP contribution in [0.1, 0.15) is 50.3 Å². The molecule has 4 atom stereocenters. The second-order valence-corrected chi connectivity index (χ2v) is 7.49. The van der Waals surface area contributed by atoms with Gasteiger partial charge in [-0.1, -0.05) is 38.1 Å². The van der Waals surface area contributed by atoms with Gasteiger partial charge in [0.05, 0.1) is 19.1 Å². The summed E-state index contributed by atoms with van der Waals surface area (Å²) >= 11 is 0. The Hall–Kier alpha value is -1.35. The number of amides is 1. The molecule has 0 radical (unpaired) electrons. The van der Waals surface area contributed by atoms with Crippen molar-refractivity contribution >= 4 is 5.91 Å². The van der Waals surface area contributed by atoms with Crippen LogP contribution < -0.4 is 10.2 Å². The number of likely N-dealkylation sites (tertiary alicyclic amines) is 1. The van der Waals surface area contributed by atoms with Crippen LogP contribution in [0.25, 0.3) is 0 Å². The van der Waals surface area contributed by atoms with Crippen LogP contribution in [0, 0.1) is 11.8 Å². The van der Waals surface area contributed by atoms with Crippen molar-refractivity contribution in [2.24, 2.45) is 11.8 Å². The Bertz CT molecular complexity index is 518. The third kappa shape index (κ3) is 3.70. The van der Waals surface area contributed by atoms with Crippen molar-refractivity contribution < 1.29 is 9.69 Å². The highest BCUT2D eigenvalue weighted by Gasteiger charge is 2.28. The third-order valence-corrected chi connectivity index (χ3v) is 5.19.